The highest BCUT2D eigenvalue weighted by Crippen LogP contribution is 2.38. The van der Waals surface area contributed by atoms with Gasteiger partial charge in [0.2, 0.25) is 9.84 Å². The summed E-state index contributed by atoms with van der Waals surface area (Å²) in [4.78, 5) is -0.388. The summed E-state index contributed by atoms with van der Waals surface area (Å²) in [6.07, 6.45) is 1.29. The zero-order valence-electron chi connectivity index (χ0n) is 9.47. The van der Waals surface area contributed by atoms with Crippen LogP contribution in [-0.2, 0) is 14.6 Å². The fraction of sp³-hybridized carbons (Fsp3) is 0.333. The van der Waals surface area contributed by atoms with Crippen molar-refractivity contribution in [3.05, 3.63) is 42.2 Å². The second-order valence-electron chi connectivity index (χ2n) is 3.95. The van der Waals surface area contributed by atoms with Crippen molar-refractivity contribution in [1.29, 1.82) is 0 Å². The van der Waals surface area contributed by atoms with Crippen molar-refractivity contribution in [2.75, 3.05) is 6.61 Å². The van der Waals surface area contributed by atoms with E-state index < -0.39 is 20.7 Å². The summed E-state index contributed by atoms with van der Waals surface area (Å²) in [5, 5.41) is -3.92. The highest BCUT2D eigenvalue weighted by atomic mass is 32.2. The number of ether oxygens (including phenoxy) is 1. The van der Waals surface area contributed by atoms with E-state index >= 15 is 0 Å². The van der Waals surface area contributed by atoms with Crippen molar-refractivity contribution in [1.82, 2.24) is 0 Å². The molecule has 18 heavy (non-hydrogen) atoms. The lowest BCUT2D eigenvalue weighted by Crippen LogP contribution is -2.32. The number of rotatable bonds is 3. The van der Waals surface area contributed by atoms with Crippen LogP contribution in [-0.4, -0.2) is 20.3 Å². The Kier molecular flexibility index (Phi) is 3.38. The van der Waals surface area contributed by atoms with Crippen LogP contribution in [0.25, 0.3) is 0 Å². The van der Waals surface area contributed by atoms with Gasteiger partial charge in [0.1, 0.15) is 0 Å². The maximum absolute atomic E-state index is 14.0. The summed E-state index contributed by atoms with van der Waals surface area (Å²) in [7, 11) is -4.72. The molecule has 6 heteroatoms. The zero-order chi connectivity index (χ0) is 13.2. The molecule has 0 unspecified atom stereocenters. The highest BCUT2D eigenvalue weighted by Gasteiger charge is 2.49. The molecular formula is C12H12F2O3S. The van der Waals surface area contributed by atoms with Crippen molar-refractivity contribution in [3.8, 4) is 0 Å². The molecule has 1 aromatic rings. The summed E-state index contributed by atoms with van der Waals surface area (Å²) in [5.74, 6) is 0. The van der Waals surface area contributed by atoms with Crippen LogP contribution in [0, 0.1) is 0 Å². The van der Waals surface area contributed by atoms with E-state index in [1.165, 1.54) is 12.1 Å². The molecule has 0 aromatic heterocycles. The second kappa shape index (κ2) is 4.68. The van der Waals surface area contributed by atoms with Crippen molar-refractivity contribution < 1.29 is 21.9 Å². The van der Waals surface area contributed by atoms with Gasteiger partial charge in [0.15, 0.2) is 0 Å². The lowest BCUT2D eigenvalue weighted by Gasteiger charge is -2.22. The summed E-state index contributed by atoms with van der Waals surface area (Å²) in [5.41, 5.74) is -0.488. The van der Waals surface area contributed by atoms with Crippen LogP contribution in [0.3, 0.4) is 0 Å². The van der Waals surface area contributed by atoms with Gasteiger partial charge in [-0.1, -0.05) is 18.2 Å². The van der Waals surface area contributed by atoms with Gasteiger partial charge in [0.25, 0.3) is 0 Å². The smallest absolute Gasteiger partial charge is 0.374 e. The van der Waals surface area contributed by atoms with E-state index in [1.54, 1.807) is 6.07 Å². The minimum Gasteiger partial charge on any atom is -0.501 e. The van der Waals surface area contributed by atoms with Crippen LogP contribution < -0.4 is 0 Å². The lowest BCUT2D eigenvalue weighted by molar-refractivity contribution is 0.109. The molecule has 0 aliphatic carbocycles. The fourth-order valence-electron chi connectivity index (χ4n) is 1.70. The van der Waals surface area contributed by atoms with Crippen molar-refractivity contribution >= 4 is 9.84 Å². The van der Waals surface area contributed by atoms with Gasteiger partial charge in [-0.2, -0.15) is 8.78 Å². The van der Waals surface area contributed by atoms with Gasteiger partial charge in [-0.15, -0.1) is 0 Å². The maximum atomic E-state index is 14.0. The van der Waals surface area contributed by atoms with Gasteiger partial charge in [0, 0.05) is 5.57 Å². The van der Waals surface area contributed by atoms with Gasteiger partial charge in [0.05, 0.1) is 17.8 Å². The number of halogens is 2. The number of hydrogen-bond donors (Lipinski definition) is 0. The minimum absolute atomic E-state index is 0.0268. The third-order valence-corrected chi connectivity index (χ3v) is 4.53. The quantitative estimate of drug-likeness (QED) is 0.851. The summed E-state index contributed by atoms with van der Waals surface area (Å²) < 4.78 is 56.7. The zero-order valence-corrected chi connectivity index (χ0v) is 10.3. The molecule has 0 bridgehead atoms. The Balaban J connectivity index is 2.43. The van der Waals surface area contributed by atoms with E-state index in [-0.39, 0.29) is 11.3 Å². The predicted octanol–water partition coefficient (Wildman–Crippen LogP) is 2.75. The Bertz CT molecular complexity index is 550. The average molecular weight is 274 g/mol. The predicted molar refractivity (Wildman–Crippen MR) is 61.8 cm³/mol. The van der Waals surface area contributed by atoms with Gasteiger partial charge in [-0.25, -0.2) is 8.42 Å². The highest BCUT2D eigenvalue weighted by molar-refractivity contribution is 7.92. The third-order valence-electron chi connectivity index (χ3n) is 2.70. The first-order chi connectivity index (χ1) is 8.46. The SMILES string of the molecule is O=S(=O)(c1ccccc1)C(F)(F)C1=COCCC1. The number of alkyl halides is 2. The second-order valence-corrected chi connectivity index (χ2v) is 5.94. The van der Waals surface area contributed by atoms with Gasteiger partial charge >= 0.3 is 5.25 Å². The monoisotopic (exact) mass is 274 g/mol. The Hall–Kier alpha value is -1.43. The third kappa shape index (κ3) is 2.12. The molecule has 0 saturated carbocycles. The summed E-state index contributed by atoms with van der Waals surface area (Å²) >= 11 is 0. The van der Waals surface area contributed by atoms with Crippen LogP contribution in [0.2, 0.25) is 0 Å². The first-order valence-electron chi connectivity index (χ1n) is 5.45. The summed E-state index contributed by atoms with van der Waals surface area (Å²) in [6, 6.07) is 6.71. The average Bonchev–Trinajstić information content (AvgIpc) is 2.40. The Morgan fingerprint density at radius 1 is 1.17 bits per heavy atom. The largest absolute Gasteiger partial charge is 0.501 e. The first kappa shape index (κ1) is 13.0. The maximum Gasteiger partial charge on any atom is 0.374 e. The van der Waals surface area contributed by atoms with Crippen LogP contribution in [0.15, 0.2) is 47.1 Å². The molecule has 0 fully saturated rings. The Morgan fingerprint density at radius 2 is 1.83 bits per heavy atom. The normalized spacial score (nSPS) is 16.9. The topological polar surface area (TPSA) is 43.4 Å². The van der Waals surface area contributed by atoms with Gasteiger partial charge < -0.3 is 4.74 Å². The van der Waals surface area contributed by atoms with E-state index in [0.29, 0.717) is 13.0 Å². The van der Waals surface area contributed by atoms with Crippen LogP contribution in [0.1, 0.15) is 12.8 Å². The van der Waals surface area contributed by atoms with Crippen LogP contribution >= 0.6 is 0 Å². The number of hydrogen-bond acceptors (Lipinski definition) is 3. The fourth-order valence-corrected chi connectivity index (χ4v) is 3.01. The van der Waals surface area contributed by atoms with E-state index in [0.717, 1.165) is 18.4 Å². The first-order valence-corrected chi connectivity index (χ1v) is 6.93. The molecule has 0 amide bonds. The molecule has 1 heterocycles. The molecule has 98 valence electrons. The molecule has 1 aliphatic rings. The molecule has 3 nitrogen and oxygen atoms in total. The Morgan fingerprint density at radius 3 is 2.39 bits per heavy atom. The molecular weight excluding hydrogens is 262 g/mol. The van der Waals surface area contributed by atoms with Crippen LogP contribution in [0.4, 0.5) is 8.78 Å². The van der Waals surface area contributed by atoms with E-state index in [1.807, 2.05) is 0 Å². The molecule has 0 radical (unpaired) electrons. The Labute approximate surface area is 104 Å². The molecule has 0 spiro atoms. The lowest BCUT2D eigenvalue weighted by atomic mass is 10.1. The molecule has 1 aliphatic heterocycles. The van der Waals surface area contributed by atoms with Gasteiger partial charge in [-0.05, 0) is 25.0 Å². The summed E-state index contributed by atoms with van der Waals surface area (Å²) in [6.45, 7) is 0.338. The van der Waals surface area contributed by atoms with E-state index in [9.17, 15) is 17.2 Å². The number of benzene rings is 1. The van der Waals surface area contributed by atoms with E-state index in [2.05, 4.69) is 0 Å². The van der Waals surface area contributed by atoms with Crippen molar-refractivity contribution in [3.63, 3.8) is 0 Å². The van der Waals surface area contributed by atoms with Crippen molar-refractivity contribution in [2.24, 2.45) is 0 Å². The molecule has 0 atom stereocenters. The molecule has 0 N–H and O–H groups in total. The van der Waals surface area contributed by atoms with E-state index in [4.69, 9.17) is 4.74 Å². The standard InChI is InChI=1S/C12H12F2O3S/c13-12(14,10-5-4-8-17-9-10)18(15,16)11-6-2-1-3-7-11/h1-3,6-7,9H,4-5,8H2. The minimum atomic E-state index is -4.72. The molecule has 1 aromatic carbocycles. The molecule has 2 rings (SSSR count). The number of sulfone groups is 1. The van der Waals surface area contributed by atoms with Crippen molar-refractivity contribution in [2.45, 2.75) is 23.0 Å². The van der Waals surface area contributed by atoms with Crippen LogP contribution in [0.5, 0.6) is 0 Å². The van der Waals surface area contributed by atoms with Gasteiger partial charge in [-0.3, -0.25) is 0 Å². The molecule has 0 saturated heterocycles.